The van der Waals surface area contributed by atoms with Crippen LogP contribution in [0.2, 0.25) is 0 Å². The molecule has 0 radical (unpaired) electrons. The van der Waals surface area contributed by atoms with E-state index in [2.05, 4.69) is 0 Å². The predicted octanol–water partition coefficient (Wildman–Crippen LogP) is 2.70. The van der Waals surface area contributed by atoms with Crippen LogP contribution in [0.5, 0.6) is 11.5 Å². The Balaban J connectivity index is 2.02. The maximum Gasteiger partial charge on any atom is 0.286 e. The van der Waals surface area contributed by atoms with Gasteiger partial charge >= 0.3 is 0 Å². The summed E-state index contributed by atoms with van der Waals surface area (Å²) in [7, 11) is 0. The van der Waals surface area contributed by atoms with Gasteiger partial charge in [-0.2, -0.15) is 0 Å². The lowest BCUT2D eigenvalue weighted by atomic mass is 10.1. The van der Waals surface area contributed by atoms with E-state index in [9.17, 15) is 19.7 Å². The molecular weight excluding hydrogens is 350 g/mol. The third-order valence-corrected chi connectivity index (χ3v) is 3.83. The van der Waals surface area contributed by atoms with Crippen LogP contribution in [0, 0.1) is 10.1 Å². The van der Waals surface area contributed by atoms with Gasteiger partial charge < -0.3 is 15.0 Å². The normalized spacial score (nSPS) is 10.4. The lowest BCUT2D eigenvalue weighted by Gasteiger charge is -2.13. The Hall–Kier alpha value is -3.94. The van der Waals surface area contributed by atoms with E-state index < -0.39 is 27.6 Å². The van der Waals surface area contributed by atoms with Gasteiger partial charge in [0.1, 0.15) is 17.1 Å². The van der Waals surface area contributed by atoms with Crippen LogP contribution in [0.25, 0.3) is 0 Å². The Morgan fingerprint density at radius 3 is 2.44 bits per heavy atom. The third kappa shape index (κ3) is 4.01. The number of benzene rings is 2. The number of hydrogen-bond acceptors (Lipinski definition) is 5. The molecule has 136 valence electrons. The fourth-order valence-corrected chi connectivity index (χ4v) is 2.55. The van der Waals surface area contributed by atoms with Gasteiger partial charge in [0.2, 0.25) is 0 Å². The molecule has 0 atom stereocenters. The second-order valence-corrected chi connectivity index (χ2v) is 5.69. The number of carbonyl (C=O) groups excluding carboxylic acids is 1. The van der Waals surface area contributed by atoms with Crippen LogP contribution in [-0.2, 0) is 6.54 Å². The molecule has 0 unspecified atom stereocenters. The quantitative estimate of drug-likeness (QED) is 0.532. The summed E-state index contributed by atoms with van der Waals surface area (Å²) in [4.78, 5) is 34.4. The predicted molar refractivity (Wildman–Crippen MR) is 97.9 cm³/mol. The number of ether oxygens (including phenoxy) is 1. The molecule has 8 nitrogen and oxygen atoms in total. The van der Waals surface area contributed by atoms with Crippen molar-refractivity contribution in [1.29, 1.82) is 0 Å². The highest BCUT2D eigenvalue weighted by atomic mass is 16.6. The minimum absolute atomic E-state index is 0.0240. The van der Waals surface area contributed by atoms with Gasteiger partial charge in [0.15, 0.2) is 0 Å². The third-order valence-electron chi connectivity index (χ3n) is 3.83. The van der Waals surface area contributed by atoms with E-state index in [1.165, 1.54) is 0 Å². The zero-order valence-electron chi connectivity index (χ0n) is 14.1. The van der Waals surface area contributed by atoms with E-state index in [4.69, 9.17) is 10.5 Å². The maximum atomic E-state index is 12.5. The molecule has 1 heterocycles. The fraction of sp³-hybridized carbons (Fsp3) is 0.0526. The molecule has 8 heteroatoms. The number of aromatic nitrogens is 1. The van der Waals surface area contributed by atoms with Crippen molar-refractivity contribution >= 4 is 11.6 Å². The molecule has 0 bridgehead atoms. The summed E-state index contributed by atoms with van der Waals surface area (Å²) in [6.45, 7) is -0.0240. The summed E-state index contributed by atoms with van der Waals surface area (Å²) in [5.74, 6) is 0.0724. The van der Waals surface area contributed by atoms with Crippen molar-refractivity contribution in [3.8, 4) is 11.5 Å². The maximum absolute atomic E-state index is 12.5. The first kappa shape index (κ1) is 17.9. The molecule has 0 aliphatic heterocycles. The highest BCUT2D eigenvalue weighted by Crippen LogP contribution is 2.25. The average Bonchev–Trinajstić information content (AvgIpc) is 2.65. The molecule has 0 spiro atoms. The smallest absolute Gasteiger partial charge is 0.286 e. The number of hydrogen-bond donors (Lipinski definition) is 1. The molecule has 0 saturated heterocycles. The number of amides is 1. The number of nitro groups is 1. The van der Waals surface area contributed by atoms with Gasteiger partial charge in [-0.05, 0) is 18.2 Å². The van der Waals surface area contributed by atoms with Gasteiger partial charge in [-0.25, -0.2) is 0 Å². The second kappa shape index (κ2) is 7.52. The molecule has 0 saturated carbocycles. The molecule has 2 aromatic carbocycles. The van der Waals surface area contributed by atoms with Crippen LogP contribution in [0.15, 0.2) is 71.7 Å². The fourth-order valence-electron chi connectivity index (χ4n) is 2.55. The molecule has 1 aromatic heterocycles. The van der Waals surface area contributed by atoms with Gasteiger partial charge in [0, 0.05) is 11.6 Å². The first-order chi connectivity index (χ1) is 13.0. The van der Waals surface area contributed by atoms with Gasteiger partial charge in [-0.3, -0.25) is 19.7 Å². The number of nitrogens with zero attached hydrogens (tertiary/aromatic N) is 2. The first-order valence-corrected chi connectivity index (χ1v) is 7.95. The Morgan fingerprint density at radius 2 is 1.78 bits per heavy atom. The topological polar surface area (TPSA) is 117 Å². The summed E-state index contributed by atoms with van der Waals surface area (Å²) in [5, 5.41) is 11.1. The Labute approximate surface area is 153 Å². The van der Waals surface area contributed by atoms with E-state index in [1.54, 1.807) is 36.4 Å². The van der Waals surface area contributed by atoms with Gasteiger partial charge in [0.05, 0.1) is 17.7 Å². The van der Waals surface area contributed by atoms with Crippen LogP contribution >= 0.6 is 0 Å². The zero-order valence-corrected chi connectivity index (χ0v) is 14.1. The molecule has 2 N–H and O–H groups in total. The van der Waals surface area contributed by atoms with Crippen LogP contribution in [0.4, 0.5) is 5.69 Å². The number of primary amides is 1. The van der Waals surface area contributed by atoms with E-state index in [0.29, 0.717) is 17.1 Å². The molecule has 1 amide bonds. The number of carbonyl (C=O) groups is 1. The van der Waals surface area contributed by atoms with E-state index in [1.807, 2.05) is 18.2 Å². The summed E-state index contributed by atoms with van der Waals surface area (Å²) in [5.41, 5.74) is 4.25. The minimum atomic E-state index is -1.02. The highest BCUT2D eigenvalue weighted by molar-refractivity contribution is 5.92. The molecule has 0 fully saturated rings. The van der Waals surface area contributed by atoms with Gasteiger partial charge in [0.25, 0.3) is 17.2 Å². The SMILES string of the molecule is NC(=O)c1cc([N+](=O)[O-])cn(Cc2ccccc2Oc2ccccc2)c1=O. The molecule has 3 aromatic rings. The molecule has 0 aliphatic carbocycles. The van der Waals surface area contributed by atoms with E-state index >= 15 is 0 Å². The van der Waals surface area contributed by atoms with Crippen LogP contribution in [-0.4, -0.2) is 15.4 Å². The summed E-state index contributed by atoms with van der Waals surface area (Å²) >= 11 is 0. The van der Waals surface area contributed by atoms with Crippen molar-refractivity contribution in [3.63, 3.8) is 0 Å². The number of para-hydroxylation sites is 2. The Bertz CT molecular complexity index is 1060. The first-order valence-electron chi connectivity index (χ1n) is 7.95. The largest absolute Gasteiger partial charge is 0.457 e. The van der Waals surface area contributed by atoms with Crippen molar-refractivity contribution in [2.24, 2.45) is 5.73 Å². The minimum Gasteiger partial charge on any atom is -0.457 e. The number of nitrogens with two attached hydrogens (primary N) is 1. The van der Waals surface area contributed by atoms with E-state index in [-0.39, 0.29) is 6.54 Å². The van der Waals surface area contributed by atoms with Crippen molar-refractivity contribution in [2.75, 3.05) is 0 Å². The molecule has 0 aliphatic rings. The van der Waals surface area contributed by atoms with Crippen molar-refractivity contribution in [3.05, 3.63) is 98.5 Å². The number of pyridine rings is 1. The Kier molecular flexibility index (Phi) is 4.98. The average molecular weight is 365 g/mol. The van der Waals surface area contributed by atoms with Crippen LogP contribution in [0.1, 0.15) is 15.9 Å². The van der Waals surface area contributed by atoms with Crippen molar-refractivity contribution in [2.45, 2.75) is 6.54 Å². The van der Waals surface area contributed by atoms with Crippen molar-refractivity contribution in [1.82, 2.24) is 4.57 Å². The van der Waals surface area contributed by atoms with Gasteiger partial charge in [-0.15, -0.1) is 0 Å². The lowest BCUT2D eigenvalue weighted by Crippen LogP contribution is -2.30. The van der Waals surface area contributed by atoms with Crippen LogP contribution in [0.3, 0.4) is 0 Å². The summed E-state index contributed by atoms with van der Waals surface area (Å²) in [6, 6.07) is 16.9. The molecular formula is C19H15N3O5. The lowest BCUT2D eigenvalue weighted by molar-refractivity contribution is -0.385. The standard InChI is InChI=1S/C19H15N3O5/c20-18(23)16-10-14(22(25)26)12-21(19(16)24)11-13-6-4-5-9-17(13)27-15-7-2-1-3-8-15/h1-10,12H,11H2,(H2,20,23). The van der Waals surface area contributed by atoms with E-state index in [0.717, 1.165) is 16.8 Å². The van der Waals surface area contributed by atoms with Crippen molar-refractivity contribution < 1.29 is 14.5 Å². The number of rotatable bonds is 6. The van der Waals surface area contributed by atoms with Crippen LogP contribution < -0.4 is 16.0 Å². The summed E-state index contributed by atoms with van der Waals surface area (Å²) < 4.78 is 6.91. The zero-order chi connectivity index (χ0) is 19.4. The molecule has 3 rings (SSSR count). The Morgan fingerprint density at radius 1 is 1.11 bits per heavy atom. The monoisotopic (exact) mass is 365 g/mol. The highest BCUT2D eigenvalue weighted by Gasteiger charge is 2.18. The second-order valence-electron chi connectivity index (χ2n) is 5.69. The summed E-state index contributed by atoms with van der Waals surface area (Å²) in [6.07, 6.45) is 1.08. The molecule has 27 heavy (non-hydrogen) atoms. The van der Waals surface area contributed by atoms with Gasteiger partial charge in [-0.1, -0.05) is 36.4 Å².